The van der Waals surface area contributed by atoms with Gasteiger partial charge in [0.05, 0.1) is 17.2 Å². The van der Waals surface area contributed by atoms with Crippen LogP contribution >= 0.6 is 0 Å². The van der Waals surface area contributed by atoms with E-state index in [1.807, 2.05) is 20.8 Å². The van der Waals surface area contributed by atoms with Gasteiger partial charge in [0.15, 0.2) is 5.43 Å². The number of ether oxygens (including phenoxy) is 1. The maximum Gasteiger partial charge on any atom is 0.293 e. The molecule has 4 rings (SSSR count). The topological polar surface area (TPSA) is 72.8 Å². The summed E-state index contributed by atoms with van der Waals surface area (Å²) in [5.74, 6) is 1.20. The van der Waals surface area contributed by atoms with E-state index in [0.29, 0.717) is 16.5 Å². The molecule has 1 aliphatic rings. The van der Waals surface area contributed by atoms with Gasteiger partial charge in [-0.1, -0.05) is 18.6 Å². The molecule has 152 valence electrons. The van der Waals surface area contributed by atoms with Gasteiger partial charge in [-0.2, -0.15) is 0 Å². The van der Waals surface area contributed by atoms with Crippen LogP contribution in [-0.4, -0.2) is 10.7 Å². The highest BCUT2D eigenvalue weighted by molar-refractivity contribution is 5.79. The van der Waals surface area contributed by atoms with Crippen LogP contribution in [0.3, 0.4) is 0 Å². The van der Waals surface area contributed by atoms with Crippen molar-refractivity contribution in [3.05, 3.63) is 69.3 Å². The van der Waals surface area contributed by atoms with Crippen molar-refractivity contribution in [3.8, 4) is 11.7 Å². The smallest absolute Gasteiger partial charge is 0.293 e. The molecule has 5 nitrogen and oxygen atoms in total. The monoisotopic (exact) mass is 394 g/mol. The summed E-state index contributed by atoms with van der Waals surface area (Å²) in [4.78, 5) is 13.0. The third kappa shape index (κ3) is 3.57. The van der Waals surface area contributed by atoms with Gasteiger partial charge in [-0.3, -0.25) is 4.79 Å². The van der Waals surface area contributed by atoms with E-state index in [4.69, 9.17) is 13.6 Å². The Morgan fingerprint density at radius 1 is 1.31 bits per heavy atom. The second kappa shape index (κ2) is 7.14. The first-order valence-electron chi connectivity index (χ1n) is 9.95. The van der Waals surface area contributed by atoms with Crippen LogP contribution in [0, 0.1) is 6.92 Å². The average Bonchev–Trinajstić information content (AvgIpc) is 3.16. The normalized spacial score (nSPS) is 21.4. The van der Waals surface area contributed by atoms with E-state index >= 15 is 0 Å². The highest BCUT2D eigenvalue weighted by atomic mass is 16.6. The summed E-state index contributed by atoms with van der Waals surface area (Å²) in [5, 5.41) is 10.1. The molecule has 1 aliphatic heterocycles. The lowest BCUT2D eigenvalue weighted by Crippen LogP contribution is -2.33. The van der Waals surface area contributed by atoms with Gasteiger partial charge in [-0.25, -0.2) is 0 Å². The van der Waals surface area contributed by atoms with Crippen molar-refractivity contribution in [3.63, 3.8) is 0 Å². The number of benzene rings is 1. The number of fused-ring (bicyclic) bond motifs is 2. The fourth-order valence-electron chi connectivity index (χ4n) is 4.03. The van der Waals surface area contributed by atoms with Gasteiger partial charge in [-0.15, -0.1) is 0 Å². The fourth-order valence-corrected chi connectivity index (χ4v) is 4.03. The Bertz CT molecular complexity index is 1150. The van der Waals surface area contributed by atoms with Crippen LogP contribution in [0.5, 0.6) is 11.7 Å². The second-order valence-corrected chi connectivity index (χ2v) is 8.31. The molecule has 0 saturated heterocycles. The molecule has 1 aromatic carbocycles. The van der Waals surface area contributed by atoms with Crippen LogP contribution in [-0.2, 0) is 6.42 Å². The molecule has 3 aromatic rings. The van der Waals surface area contributed by atoms with Crippen molar-refractivity contribution in [1.29, 1.82) is 0 Å². The minimum Gasteiger partial charge on any atom is -0.508 e. The third-order valence-electron chi connectivity index (χ3n) is 5.92. The summed E-state index contributed by atoms with van der Waals surface area (Å²) in [5.41, 5.74) is 2.68. The first kappa shape index (κ1) is 19.4. The maximum atomic E-state index is 13.0. The lowest BCUT2D eigenvalue weighted by molar-refractivity contribution is 0.0638. The summed E-state index contributed by atoms with van der Waals surface area (Å²) in [6, 6.07) is 6.60. The predicted molar refractivity (Wildman–Crippen MR) is 112 cm³/mol. The van der Waals surface area contributed by atoms with Crippen LogP contribution in [0.25, 0.3) is 11.0 Å². The second-order valence-electron chi connectivity index (χ2n) is 8.31. The number of furan rings is 1. The zero-order valence-electron chi connectivity index (χ0n) is 17.2. The molecule has 0 saturated carbocycles. The van der Waals surface area contributed by atoms with Gasteiger partial charge in [0.25, 0.3) is 5.95 Å². The molecule has 2 atom stereocenters. The highest BCUT2D eigenvalue weighted by Crippen LogP contribution is 2.46. The number of rotatable bonds is 5. The number of hydrogen-bond donors (Lipinski definition) is 1. The predicted octanol–water partition coefficient (Wildman–Crippen LogP) is 5.62. The number of allylic oxidation sites excluding steroid dienone is 2. The summed E-state index contributed by atoms with van der Waals surface area (Å²) in [6.07, 6.45) is 6.34. The van der Waals surface area contributed by atoms with E-state index in [-0.39, 0.29) is 23.0 Å². The Hall–Kier alpha value is -2.95. The molecule has 5 heteroatoms. The SMILES string of the molecule is C/C(=C\CC[C@]1(C)Oc2oc3cc(O)ccc3c(=O)c2[C@H]1C)Cc1cc(C)co1. The van der Waals surface area contributed by atoms with E-state index < -0.39 is 5.60 Å². The summed E-state index contributed by atoms with van der Waals surface area (Å²) in [7, 11) is 0. The van der Waals surface area contributed by atoms with Crippen molar-refractivity contribution >= 4 is 11.0 Å². The Morgan fingerprint density at radius 2 is 2.10 bits per heavy atom. The molecule has 0 aliphatic carbocycles. The van der Waals surface area contributed by atoms with Crippen LogP contribution in [0.2, 0.25) is 0 Å². The quantitative estimate of drug-likeness (QED) is 0.568. The molecule has 1 N–H and O–H groups in total. The maximum absolute atomic E-state index is 13.0. The van der Waals surface area contributed by atoms with Crippen LogP contribution in [0.15, 0.2) is 55.8 Å². The van der Waals surface area contributed by atoms with Crippen molar-refractivity contribution in [2.24, 2.45) is 0 Å². The van der Waals surface area contributed by atoms with Gasteiger partial charge >= 0.3 is 0 Å². The number of aromatic hydroxyl groups is 1. The zero-order valence-corrected chi connectivity index (χ0v) is 17.2. The first-order valence-corrected chi connectivity index (χ1v) is 9.95. The van der Waals surface area contributed by atoms with Gasteiger partial charge in [-0.05, 0) is 57.4 Å². The molecular formula is C24H26O5. The number of phenolic OH excluding ortho intramolecular Hbond substituents is 1. The number of phenols is 1. The Kier molecular flexibility index (Phi) is 4.77. The van der Waals surface area contributed by atoms with E-state index in [2.05, 4.69) is 19.1 Å². The number of aryl methyl sites for hydroxylation is 1. The molecule has 0 unspecified atom stereocenters. The van der Waals surface area contributed by atoms with Crippen LogP contribution in [0.1, 0.15) is 56.4 Å². The van der Waals surface area contributed by atoms with E-state index in [1.165, 1.54) is 17.7 Å². The summed E-state index contributed by atoms with van der Waals surface area (Å²) >= 11 is 0. The van der Waals surface area contributed by atoms with Gasteiger partial charge < -0.3 is 18.7 Å². The molecule has 3 heterocycles. The van der Waals surface area contributed by atoms with E-state index in [1.54, 1.807) is 12.3 Å². The Balaban J connectivity index is 1.52. The average molecular weight is 394 g/mol. The zero-order chi connectivity index (χ0) is 20.8. The molecule has 2 aromatic heterocycles. The summed E-state index contributed by atoms with van der Waals surface area (Å²) < 4.78 is 17.5. The van der Waals surface area contributed by atoms with Gasteiger partial charge in [0, 0.05) is 18.4 Å². The standard InChI is InChI=1S/C24H26O5/c1-14(10-18-11-15(2)13-27-18)6-5-9-24(4)16(3)21-22(26)19-8-7-17(25)12-20(19)28-23(21)29-24/h6-8,11-13,16,25H,5,9-10H2,1-4H3/b14-6+/t16-,24+/m1/s1. The van der Waals surface area contributed by atoms with Gasteiger partial charge in [0.2, 0.25) is 0 Å². The highest BCUT2D eigenvalue weighted by Gasteiger charge is 2.45. The van der Waals surface area contributed by atoms with Crippen LogP contribution in [0.4, 0.5) is 0 Å². The van der Waals surface area contributed by atoms with Crippen molar-refractivity contribution in [2.45, 2.75) is 58.5 Å². The summed E-state index contributed by atoms with van der Waals surface area (Å²) in [6.45, 7) is 8.15. The van der Waals surface area contributed by atoms with Crippen molar-refractivity contribution in [1.82, 2.24) is 0 Å². The molecule has 0 fully saturated rings. The minimum absolute atomic E-state index is 0.0572. The first-order chi connectivity index (χ1) is 13.8. The molecule has 0 amide bonds. The van der Waals surface area contributed by atoms with Crippen LogP contribution < -0.4 is 10.2 Å². The van der Waals surface area contributed by atoms with E-state index in [9.17, 15) is 9.90 Å². The van der Waals surface area contributed by atoms with E-state index in [0.717, 1.165) is 30.6 Å². The minimum atomic E-state index is -0.525. The molecule has 29 heavy (non-hydrogen) atoms. The third-order valence-corrected chi connectivity index (χ3v) is 5.92. The molecule has 0 spiro atoms. The lowest BCUT2D eigenvalue weighted by atomic mass is 9.83. The Morgan fingerprint density at radius 3 is 2.83 bits per heavy atom. The lowest BCUT2D eigenvalue weighted by Gasteiger charge is -2.27. The Labute approximate surface area is 169 Å². The van der Waals surface area contributed by atoms with Crippen molar-refractivity contribution < 1.29 is 18.7 Å². The molecular weight excluding hydrogens is 368 g/mol. The molecule has 0 radical (unpaired) electrons. The fraction of sp³-hybridized carbons (Fsp3) is 0.375. The largest absolute Gasteiger partial charge is 0.508 e. The van der Waals surface area contributed by atoms with Gasteiger partial charge in [0.1, 0.15) is 22.7 Å². The molecule has 0 bridgehead atoms. The van der Waals surface area contributed by atoms with Crippen molar-refractivity contribution in [2.75, 3.05) is 0 Å². The number of hydrogen-bond acceptors (Lipinski definition) is 5.